The van der Waals surface area contributed by atoms with Crippen molar-refractivity contribution < 1.29 is 4.52 Å². The molecule has 4 heteroatoms. The number of anilines is 1. The predicted molar refractivity (Wildman–Crippen MR) is 68.9 cm³/mol. The van der Waals surface area contributed by atoms with E-state index in [1.54, 1.807) is 6.07 Å². The maximum atomic E-state index is 5.96. The summed E-state index contributed by atoms with van der Waals surface area (Å²) in [5.74, 6) is 0. The van der Waals surface area contributed by atoms with Gasteiger partial charge in [0.05, 0.1) is 5.39 Å². The van der Waals surface area contributed by atoms with Gasteiger partial charge in [-0.3, -0.25) is 0 Å². The van der Waals surface area contributed by atoms with Crippen LogP contribution in [0.3, 0.4) is 0 Å². The monoisotopic (exact) mass is 244 g/mol. The molecule has 3 rings (SSSR count). The van der Waals surface area contributed by atoms with E-state index in [1.165, 1.54) is 0 Å². The summed E-state index contributed by atoms with van der Waals surface area (Å²) < 4.78 is 5.25. The van der Waals surface area contributed by atoms with Gasteiger partial charge in [0.1, 0.15) is 5.69 Å². The molecule has 0 aliphatic carbocycles. The fraction of sp³-hybridized carbons (Fsp3) is 0. The van der Waals surface area contributed by atoms with Crippen LogP contribution in [-0.2, 0) is 0 Å². The Bertz CT molecular complexity index is 691. The molecule has 0 fully saturated rings. The van der Waals surface area contributed by atoms with Crippen molar-refractivity contribution >= 4 is 28.3 Å². The Balaban J connectivity index is 2.27. The second-order valence-electron chi connectivity index (χ2n) is 3.80. The number of nitrogen functional groups attached to an aromatic ring is 1. The van der Waals surface area contributed by atoms with Crippen LogP contribution in [0.15, 0.2) is 47.0 Å². The van der Waals surface area contributed by atoms with E-state index < -0.39 is 0 Å². The van der Waals surface area contributed by atoms with Gasteiger partial charge in [-0.1, -0.05) is 28.9 Å². The second kappa shape index (κ2) is 3.79. The summed E-state index contributed by atoms with van der Waals surface area (Å²) in [6.45, 7) is 0. The van der Waals surface area contributed by atoms with Crippen molar-refractivity contribution in [2.75, 3.05) is 5.73 Å². The van der Waals surface area contributed by atoms with E-state index in [4.69, 9.17) is 21.9 Å². The first-order chi connectivity index (χ1) is 8.24. The van der Waals surface area contributed by atoms with Crippen molar-refractivity contribution in [1.29, 1.82) is 0 Å². The van der Waals surface area contributed by atoms with Crippen molar-refractivity contribution in [2.24, 2.45) is 0 Å². The van der Waals surface area contributed by atoms with Gasteiger partial charge in [-0.05, 0) is 30.3 Å². The summed E-state index contributed by atoms with van der Waals surface area (Å²) in [6.07, 6.45) is 0. The molecule has 0 atom stereocenters. The zero-order valence-corrected chi connectivity index (χ0v) is 9.61. The lowest BCUT2D eigenvalue weighted by Gasteiger charge is -1.98. The van der Waals surface area contributed by atoms with E-state index in [2.05, 4.69) is 5.16 Å². The second-order valence-corrected chi connectivity index (χ2v) is 4.23. The van der Waals surface area contributed by atoms with Gasteiger partial charge in [-0.25, -0.2) is 0 Å². The lowest BCUT2D eigenvalue weighted by molar-refractivity contribution is 0.459. The van der Waals surface area contributed by atoms with Gasteiger partial charge in [-0.15, -0.1) is 0 Å². The Labute approximate surface area is 103 Å². The van der Waals surface area contributed by atoms with Gasteiger partial charge >= 0.3 is 0 Å². The molecule has 3 aromatic rings. The first-order valence-corrected chi connectivity index (χ1v) is 5.53. The van der Waals surface area contributed by atoms with Gasteiger partial charge < -0.3 is 10.3 Å². The first kappa shape index (κ1) is 10.2. The number of halogens is 1. The highest BCUT2D eigenvalue weighted by Gasteiger charge is 2.10. The first-order valence-electron chi connectivity index (χ1n) is 5.15. The lowest BCUT2D eigenvalue weighted by Crippen LogP contribution is -1.83. The van der Waals surface area contributed by atoms with Crippen LogP contribution in [0.2, 0.25) is 5.02 Å². The minimum absolute atomic E-state index is 0.669. The predicted octanol–water partition coefficient (Wildman–Crippen LogP) is 3.73. The van der Waals surface area contributed by atoms with Crippen LogP contribution in [0, 0.1) is 0 Å². The molecule has 2 N–H and O–H groups in total. The molecule has 3 nitrogen and oxygen atoms in total. The van der Waals surface area contributed by atoms with Gasteiger partial charge in [0, 0.05) is 16.3 Å². The quantitative estimate of drug-likeness (QED) is 0.664. The number of fused-ring (bicyclic) bond motifs is 1. The lowest BCUT2D eigenvalue weighted by atomic mass is 10.1. The van der Waals surface area contributed by atoms with Crippen molar-refractivity contribution in [1.82, 2.24) is 5.16 Å². The number of nitrogens with two attached hydrogens (primary N) is 1. The summed E-state index contributed by atoms with van der Waals surface area (Å²) in [5, 5.41) is 5.62. The molecule has 0 spiro atoms. The van der Waals surface area contributed by atoms with E-state index in [-0.39, 0.29) is 0 Å². The fourth-order valence-corrected chi connectivity index (χ4v) is 1.99. The molecule has 0 radical (unpaired) electrons. The van der Waals surface area contributed by atoms with Crippen LogP contribution >= 0.6 is 11.6 Å². The Kier molecular flexibility index (Phi) is 2.27. The summed E-state index contributed by atoms with van der Waals surface area (Å²) in [7, 11) is 0. The number of aromatic nitrogens is 1. The third-order valence-corrected chi connectivity index (χ3v) is 2.83. The topological polar surface area (TPSA) is 52.0 Å². The summed E-state index contributed by atoms with van der Waals surface area (Å²) >= 11 is 5.96. The number of benzene rings is 2. The highest BCUT2D eigenvalue weighted by molar-refractivity contribution is 6.30. The maximum absolute atomic E-state index is 5.96. The van der Waals surface area contributed by atoms with Crippen LogP contribution < -0.4 is 5.73 Å². The molecule has 1 heterocycles. The van der Waals surface area contributed by atoms with Crippen LogP contribution in [0.1, 0.15) is 0 Å². The van der Waals surface area contributed by atoms with Gasteiger partial charge in [-0.2, -0.15) is 0 Å². The van der Waals surface area contributed by atoms with E-state index in [9.17, 15) is 0 Å². The van der Waals surface area contributed by atoms with E-state index >= 15 is 0 Å². The minimum Gasteiger partial charge on any atom is -0.399 e. The average molecular weight is 245 g/mol. The standard InChI is InChI=1S/C13H9ClN2O/c14-9-3-1-2-8(6-9)13-11-7-10(15)4-5-12(11)17-16-13/h1-7H,15H2. The number of hydrogen-bond acceptors (Lipinski definition) is 3. The smallest absolute Gasteiger partial charge is 0.167 e. The van der Waals surface area contributed by atoms with Crippen molar-refractivity contribution in [3.63, 3.8) is 0 Å². The molecule has 84 valence electrons. The molecule has 2 aromatic carbocycles. The molecular weight excluding hydrogens is 236 g/mol. The van der Waals surface area contributed by atoms with Gasteiger partial charge in [0.25, 0.3) is 0 Å². The minimum atomic E-state index is 0.669. The normalized spacial score (nSPS) is 10.9. The summed E-state index contributed by atoms with van der Waals surface area (Å²) in [5.41, 5.74) is 8.84. The molecular formula is C13H9ClN2O. The Morgan fingerprint density at radius 3 is 2.82 bits per heavy atom. The molecule has 1 aromatic heterocycles. The van der Waals surface area contributed by atoms with Crippen LogP contribution in [-0.4, -0.2) is 5.16 Å². The van der Waals surface area contributed by atoms with Gasteiger partial charge in [0.2, 0.25) is 0 Å². The highest BCUT2D eigenvalue weighted by atomic mass is 35.5. The van der Waals surface area contributed by atoms with E-state index in [0.717, 1.165) is 16.6 Å². The van der Waals surface area contributed by atoms with Crippen LogP contribution in [0.5, 0.6) is 0 Å². The van der Waals surface area contributed by atoms with Gasteiger partial charge in [0.15, 0.2) is 5.58 Å². The van der Waals surface area contributed by atoms with E-state index in [1.807, 2.05) is 36.4 Å². The Morgan fingerprint density at radius 2 is 2.00 bits per heavy atom. The Morgan fingerprint density at radius 1 is 1.12 bits per heavy atom. The average Bonchev–Trinajstić information content (AvgIpc) is 2.71. The number of hydrogen-bond donors (Lipinski definition) is 1. The third kappa shape index (κ3) is 1.74. The molecule has 0 unspecified atom stereocenters. The maximum Gasteiger partial charge on any atom is 0.167 e. The molecule has 0 aliphatic heterocycles. The van der Waals surface area contributed by atoms with Crippen LogP contribution in [0.25, 0.3) is 22.2 Å². The largest absolute Gasteiger partial charge is 0.399 e. The fourth-order valence-electron chi connectivity index (χ4n) is 1.80. The zero-order chi connectivity index (χ0) is 11.8. The van der Waals surface area contributed by atoms with Crippen molar-refractivity contribution in [3.8, 4) is 11.3 Å². The molecule has 0 saturated carbocycles. The molecule has 17 heavy (non-hydrogen) atoms. The number of nitrogens with zero attached hydrogens (tertiary/aromatic N) is 1. The summed E-state index contributed by atoms with van der Waals surface area (Å²) in [4.78, 5) is 0. The van der Waals surface area contributed by atoms with Crippen molar-refractivity contribution in [3.05, 3.63) is 47.5 Å². The molecule has 0 amide bonds. The molecule has 0 bridgehead atoms. The summed E-state index contributed by atoms with van der Waals surface area (Å²) in [6, 6.07) is 12.9. The number of rotatable bonds is 1. The van der Waals surface area contributed by atoms with Crippen molar-refractivity contribution in [2.45, 2.75) is 0 Å². The van der Waals surface area contributed by atoms with Crippen LogP contribution in [0.4, 0.5) is 5.69 Å². The van der Waals surface area contributed by atoms with E-state index in [0.29, 0.717) is 16.3 Å². The Hall–Kier alpha value is -2.00. The molecule has 0 aliphatic rings. The highest BCUT2D eigenvalue weighted by Crippen LogP contribution is 2.30. The molecule has 0 saturated heterocycles. The third-order valence-electron chi connectivity index (χ3n) is 2.59. The zero-order valence-electron chi connectivity index (χ0n) is 8.85. The SMILES string of the molecule is Nc1ccc2onc(-c3cccc(Cl)c3)c2c1.